The van der Waals surface area contributed by atoms with Crippen molar-refractivity contribution in [2.24, 2.45) is 0 Å². The molecule has 0 fully saturated rings. The quantitative estimate of drug-likeness (QED) is 0.412. The van der Waals surface area contributed by atoms with E-state index in [1.165, 1.54) is 11.3 Å². The third-order valence-corrected chi connectivity index (χ3v) is 2.44. The second kappa shape index (κ2) is 4.61. The summed E-state index contributed by atoms with van der Waals surface area (Å²) < 4.78 is 0. The molecule has 6 heteroatoms. The Labute approximate surface area is 89.7 Å². The smallest absolute Gasteiger partial charge is 0.344 e. The zero-order valence-corrected chi connectivity index (χ0v) is 8.67. The Morgan fingerprint density at radius 2 is 2.00 bits per heavy atom. The summed E-state index contributed by atoms with van der Waals surface area (Å²) in [7, 11) is 0. The van der Waals surface area contributed by atoms with Crippen molar-refractivity contribution >= 4 is 29.0 Å². The van der Waals surface area contributed by atoms with Crippen LogP contribution in [-0.4, -0.2) is 22.2 Å². The van der Waals surface area contributed by atoms with E-state index in [4.69, 9.17) is 10.2 Å². The highest BCUT2D eigenvalue weighted by Crippen LogP contribution is 2.18. The molecule has 0 saturated carbocycles. The van der Waals surface area contributed by atoms with Crippen molar-refractivity contribution in [3.8, 4) is 0 Å². The van der Waals surface area contributed by atoms with Gasteiger partial charge in [-0.3, -0.25) is 0 Å². The number of carbonyl (C=O) groups is 2. The maximum atomic E-state index is 10.5. The number of aryl methyl sites for hydroxylation is 1. The fourth-order valence-electron chi connectivity index (χ4n) is 0.890. The number of hydrogen-bond acceptors (Lipinski definition) is 4. The predicted molar refractivity (Wildman–Crippen MR) is 56.0 cm³/mol. The van der Waals surface area contributed by atoms with Crippen LogP contribution in [0.25, 0.3) is 0 Å². The Morgan fingerprint density at radius 3 is 2.40 bits per heavy atom. The largest absolute Gasteiger partial charge is 0.477 e. The summed E-state index contributed by atoms with van der Waals surface area (Å²) >= 11 is 1.49. The molecule has 1 aromatic rings. The van der Waals surface area contributed by atoms with E-state index in [9.17, 15) is 9.59 Å². The van der Waals surface area contributed by atoms with Crippen LogP contribution in [0.4, 0.5) is 5.69 Å². The lowest BCUT2D eigenvalue weighted by Gasteiger charge is -1.97. The van der Waals surface area contributed by atoms with E-state index in [-0.39, 0.29) is 0 Å². The molecule has 0 aliphatic rings. The fraction of sp³-hybridized carbons (Fsp3) is 0.111. The molecule has 0 aliphatic carbocycles. The van der Waals surface area contributed by atoms with Gasteiger partial charge in [-0.25, -0.2) is 9.59 Å². The SMILES string of the molecule is Cc1cc(NC=C(C(=O)O)C(=O)O)cs1. The summed E-state index contributed by atoms with van der Waals surface area (Å²) in [5, 5.41) is 21.5. The molecular weight excluding hydrogens is 218 g/mol. The van der Waals surface area contributed by atoms with Crippen molar-refractivity contribution < 1.29 is 19.8 Å². The standard InChI is InChI=1S/C9H9NO4S/c1-5-2-6(4-15-5)10-3-7(8(11)12)9(13)14/h2-4,10H,1H3,(H,11,12)(H,13,14). The average molecular weight is 227 g/mol. The van der Waals surface area contributed by atoms with Gasteiger partial charge in [0.2, 0.25) is 0 Å². The van der Waals surface area contributed by atoms with Gasteiger partial charge in [0.1, 0.15) is 0 Å². The van der Waals surface area contributed by atoms with Gasteiger partial charge in [0.15, 0.2) is 5.57 Å². The van der Waals surface area contributed by atoms with Gasteiger partial charge < -0.3 is 15.5 Å². The first kappa shape index (κ1) is 11.3. The molecule has 0 spiro atoms. The number of nitrogens with one attached hydrogen (secondary N) is 1. The minimum atomic E-state index is -1.47. The van der Waals surface area contributed by atoms with E-state index in [2.05, 4.69) is 5.32 Å². The number of carboxylic acid groups (broad SMARTS) is 2. The first-order valence-corrected chi connectivity index (χ1v) is 4.87. The van der Waals surface area contributed by atoms with Crippen molar-refractivity contribution in [3.63, 3.8) is 0 Å². The first-order valence-electron chi connectivity index (χ1n) is 3.99. The highest BCUT2D eigenvalue weighted by molar-refractivity contribution is 7.10. The third-order valence-electron chi connectivity index (χ3n) is 1.57. The van der Waals surface area contributed by atoms with Crippen LogP contribution in [0.3, 0.4) is 0 Å². The third kappa shape index (κ3) is 3.10. The zero-order valence-electron chi connectivity index (χ0n) is 7.85. The van der Waals surface area contributed by atoms with E-state index in [0.29, 0.717) is 5.69 Å². The molecule has 80 valence electrons. The summed E-state index contributed by atoms with van der Waals surface area (Å²) in [6.07, 6.45) is 0.964. The van der Waals surface area contributed by atoms with Crippen LogP contribution < -0.4 is 5.32 Å². The molecule has 0 unspecified atom stereocenters. The Hall–Kier alpha value is -1.82. The molecule has 15 heavy (non-hydrogen) atoms. The van der Waals surface area contributed by atoms with Crippen molar-refractivity contribution in [1.29, 1.82) is 0 Å². The topological polar surface area (TPSA) is 86.6 Å². The Morgan fingerprint density at radius 1 is 1.40 bits per heavy atom. The zero-order chi connectivity index (χ0) is 11.4. The molecule has 0 radical (unpaired) electrons. The van der Waals surface area contributed by atoms with E-state index < -0.39 is 17.5 Å². The van der Waals surface area contributed by atoms with Crippen LogP contribution in [0.1, 0.15) is 4.88 Å². The van der Waals surface area contributed by atoms with E-state index in [1.54, 1.807) is 11.4 Å². The molecule has 0 bridgehead atoms. The summed E-state index contributed by atoms with van der Waals surface area (Å²) in [5.41, 5.74) is -0.0173. The molecule has 3 N–H and O–H groups in total. The monoisotopic (exact) mass is 227 g/mol. The van der Waals surface area contributed by atoms with Crippen molar-refractivity contribution in [3.05, 3.63) is 28.1 Å². The number of rotatable bonds is 4. The van der Waals surface area contributed by atoms with Gasteiger partial charge in [-0.1, -0.05) is 0 Å². The maximum Gasteiger partial charge on any atom is 0.344 e. The summed E-state index contributed by atoms with van der Waals surface area (Å²) in [6.45, 7) is 1.90. The fourth-order valence-corrected chi connectivity index (χ4v) is 1.53. The lowest BCUT2D eigenvalue weighted by atomic mass is 10.3. The van der Waals surface area contributed by atoms with Crippen LogP contribution in [0.5, 0.6) is 0 Å². The molecule has 0 aromatic carbocycles. The predicted octanol–water partition coefficient (Wildman–Crippen LogP) is 1.52. The lowest BCUT2D eigenvalue weighted by molar-refractivity contribution is -0.140. The van der Waals surface area contributed by atoms with Gasteiger partial charge >= 0.3 is 11.9 Å². The van der Waals surface area contributed by atoms with Gasteiger partial charge in [-0.05, 0) is 13.0 Å². The second-order valence-corrected chi connectivity index (χ2v) is 3.87. The number of hydrogen-bond donors (Lipinski definition) is 3. The van der Waals surface area contributed by atoms with Crippen LogP contribution >= 0.6 is 11.3 Å². The Balaban J connectivity index is 2.78. The highest BCUT2D eigenvalue weighted by atomic mass is 32.1. The highest BCUT2D eigenvalue weighted by Gasteiger charge is 2.15. The molecule has 1 heterocycles. The van der Waals surface area contributed by atoms with Crippen LogP contribution in [0.15, 0.2) is 23.2 Å². The van der Waals surface area contributed by atoms with Gasteiger partial charge in [0, 0.05) is 22.1 Å². The second-order valence-electron chi connectivity index (χ2n) is 2.76. The van der Waals surface area contributed by atoms with Crippen molar-refractivity contribution in [2.75, 3.05) is 5.32 Å². The first-order chi connectivity index (χ1) is 7.00. The maximum absolute atomic E-state index is 10.5. The van der Waals surface area contributed by atoms with Crippen molar-refractivity contribution in [1.82, 2.24) is 0 Å². The van der Waals surface area contributed by atoms with Crippen LogP contribution in [0.2, 0.25) is 0 Å². The normalized spacial score (nSPS) is 9.40. The van der Waals surface area contributed by atoms with E-state index >= 15 is 0 Å². The van der Waals surface area contributed by atoms with Gasteiger partial charge in [-0.15, -0.1) is 11.3 Å². The summed E-state index contributed by atoms with van der Waals surface area (Å²) in [4.78, 5) is 22.0. The van der Waals surface area contributed by atoms with Crippen LogP contribution in [-0.2, 0) is 9.59 Å². The number of anilines is 1. The molecule has 1 rings (SSSR count). The Bertz CT molecular complexity index is 406. The van der Waals surface area contributed by atoms with Gasteiger partial charge in [0.05, 0.1) is 0 Å². The molecule has 0 aliphatic heterocycles. The molecule has 0 saturated heterocycles. The van der Waals surface area contributed by atoms with Gasteiger partial charge in [0.25, 0.3) is 0 Å². The number of aliphatic carboxylic acids is 2. The Kier molecular flexibility index (Phi) is 3.46. The van der Waals surface area contributed by atoms with Gasteiger partial charge in [-0.2, -0.15) is 0 Å². The average Bonchev–Trinajstić information content (AvgIpc) is 2.50. The number of carboxylic acids is 2. The number of thiophene rings is 1. The van der Waals surface area contributed by atoms with E-state index in [1.807, 2.05) is 6.92 Å². The lowest BCUT2D eigenvalue weighted by Crippen LogP contribution is -2.12. The molecular formula is C9H9NO4S. The minimum Gasteiger partial charge on any atom is -0.477 e. The van der Waals surface area contributed by atoms with E-state index in [0.717, 1.165) is 11.1 Å². The molecule has 1 aromatic heterocycles. The molecule has 0 amide bonds. The summed E-state index contributed by atoms with van der Waals surface area (Å²) in [5.74, 6) is -2.94. The molecule has 0 atom stereocenters. The van der Waals surface area contributed by atoms with Crippen molar-refractivity contribution in [2.45, 2.75) is 6.92 Å². The minimum absolute atomic E-state index is 0.678. The molecule has 5 nitrogen and oxygen atoms in total. The van der Waals surface area contributed by atoms with Crippen LogP contribution in [0, 0.1) is 6.92 Å². The summed E-state index contributed by atoms with van der Waals surface area (Å²) in [6, 6.07) is 1.79.